The first-order valence-corrected chi connectivity index (χ1v) is 4.74. The molecule has 1 aliphatic rings. The highest BCUT2D eigenvalue weighted by atomic mass is 16.7. The number of benzene rings is 1. The highest BCUT2D eigenvalue weighted by molar-refractivity contribution is 5.72. The lowest BCUT2D eigenvalue weighted by molar-refractivity contribution is -0.187. The first-order chi connectivity index (χ1) is 7.34. The second kappa shape index (κ2) is 4.54. The number of hydrogen-bond donors (Lipinski definition) is 0. The summed E-state index contributed by atoms with van der Waals surface area (Å²) in [4.78, 5) is 16.4. The Kier molecular flexibility index (Phi) is 2.92. The van der Waals surface area contributed by atoms with Gasteiger partial charge >= 0.3 is 5.97 Å². The number of nitrogens with zero attached hydrogens (tertiary/aromatic N) is 3. The molecule has 0 aromatic heterocycles. The Bertz CT molecular complexity index is 364. The van der Waals surface area contributed by atoms with E-state index >= 15 is 0 Å². The van der Waals surface area contributed by atoms with Crippen LogP contribution in [-0.4, -0.2) is 24.2 Å². The van der Waals surface area contributed by atoms with E-state index in [0.717, 1.165) is 5.56 Å². The van der Waals surface area contributed by atoms with E-state index in [0.29, 0.717) is 13.1 Å². The highest BCUT2D eigenvalue weighted by Crippen LogP contribution is 2.05. The number of hydrogen-bond acceptors (Lipinski definition) is 5. The van der Waals surface area contributed by atoms with E-state index in [-0.39, 0.29) is 12.4 Å². The molecule has 1 aromatic carbocycles. The Labute approximate surface area is 87.3 Å². The molecule has 0 bridgehead atoms. The second-order valence-corrected chi connectivity index (χ2v) is 3.16. The van der Waals surface area contributed by atoms with Crippen LogP contribution in [-0.2, 0) is 16.1 Å². The van der Waals surface area contributed by atoms with Crippen molar-refractivity contribution in [2.45, 2.75) is 6.42 Å². The van der Waals surface area contributed by atoms with Gasteiger partial charge in [0, 0.05) is 0 Å². The first kappa shape index (κ1) is 9.64. The van der Waals surface area contributed by atoms with Crippen LogP contribution < -0.4 is 0 Å². The zero-order valence-electron chi connectivity index (χ0n) is 8.17. The molecule has 0 saturated carbocycles. The van der Waals surface area contributed by atoms with Gasteiger partial charge in [0.25, 0.3) is 0 Å². The van der Waals surface area contributed by atoms with Gasteiger partial charge in [-0.05, 0) is 10.8 Å². The lowest BCUT2D eigenvalue weighted by Gasteiger charge is -2.10. The van der Waals surface area contributed by atoms with E-state index in [1.165, 1.54) is 5.17 Å². The summed E-state index contributed by atoms with van der Waals surface area (Å²) in [5.41, 5.74) is 0.929. The average Bonchev–Trinajstić information content (AvgIpc) is 2.71. The SMILES string of the molecule is O=C(Cc1ccccc1)ON1CCN=N1. The fraction of sp³-hybridized carbons (Fsp3) is 0.300. The van der Waals surface area contributed by atoms with E-state index in [1.54, 1.807) is 0 Å². The molecular formula is C10H11N3O2. The molecule has 0 spiro atoms. The summed E-state index contributed by atoms with van der Waals surface area (Å²) in [7, 11) is 0. The zero-order valence-corrected chi connectivity index (χ0v) is 8.17. The standard InChI is InChI=1S/C10H11N3O2/c14-10(15-13-7-6-11-12-13)8-9-4-2-1-3-5-9/h1-5H,6-8H2. The topological polar surface area (TPSA) is 54.3 Å². The maximum Gasteiger partial charge on any atom is 0.338 e. The molecular weight excluding hydrogens is 194 g/mol. The van der Waals surface area contributed by atoms with Gasteiger partial charge in [-0.15, -0.1) is 5.17 Å². The van der Waals surface area contributed by atoms with Crippen molar-refractivity contribution < 1.29 is 9.63 Å². The third-order valence-electron chi connectivity index (χ3n) is 1.95. The fourth-order valence-corrected chi connectivity index (χ4v) is 1.27. The number of hydroxylamine groups is 1. The van der Waals surface area contributed by atoms with Crippen LogP contribution in [0.2, 0.25) is 0 Å². The highest BCUT2D eigenvalue weighted by Gasteiger charge is 2.13. The van der Waals surface area contributed by atoms with Gasteiger partial charge in [0.05, 0.1) is 19.5 Å². The molecule has 0 unspecified atom stereocenters. The van der Waals surface area contributed by atoms with Crippen molar-refractivity contribution in [1.29, 1.82) is 0 Å². The van der Waals surface area contributed by atoms with Crippen molar-refractivity contribution in [3.8, 4) is 0 Å². The third kappa shape index (κ3) is 2.77. The van der Waals surface area contributed by atoms with Gasteiger partial charge in [0.1, 0.15) is 0 Å². The average molecular weight is 205 g/mol. The molecule has 5 heteroatoms. The van der Waals surface area contributed by atoms with Crippen LogP contribution in [0.3, 0.4) is 0 Å². The lowest BCUT2D eigenvalue weighted by atomic mass is 10.2. The molecule has 0 saturated heterocycles. The second-order valence-electron chi connectivity index (χ2n) is 3.16. The summed E-state index contributed by atoms with van der Waals surface area (Å²) in [5, 5.41) is 8.54. The Morgan fingerprint density at radius 3 is 2.87 bits per heavy atom. The summed E-state index contributed by atoms with van der Waals surface area (Å²) in [5.74, 6) is -0.318. The van der Waals surface area contributed by atoms with Crippen LogP contribution >= 0.6 is 0 Å². The normalized spacial score (nSPS) is 14.3. The van der Waals surface area contributed by atoms with Crippen molar-refractivity contribution in [3.63, 3.8) is 0 Å². The minimum atomic E-state index is -0.318. The van der Waals surface area contributed by atoms with Crippen LogP contribution in [0.1, 0.15) is 5.56 Å². The van der Waals surface area contributed by atoms with Gasteiger partial charge in [-0.25, -0.2) is 4.79 Å². The van der Waals surface area contributed by atoms with Gasteiger partial charge in [-0.3, -0.25) is 0 Å². The molecule has 15 heavy (non-hydrogen) atoms. The van der Waals surface area contributed by atoms with E-state index in [1.807, 2.05) is 30.3 Å². The van der Waals surface area contributed by atoms with Gasteiger partial charge in [-0.1, -0.05) is 30.3 Å². The Hall–Kier alpha value is -1.91. The summed E-state index contributed by atoms with van der Waals surface area (Å²) in [6, 6.07) is 9.44. The Morgan fingerprint density at radius 1 is 1.40 bits per heavy atom. The molecule has 1 heterocycles. The smallest absolute Gasteiger partial charge is 0.322 e. The summed E-state index contributed by atoms with van der Waals surface area (Å²) >= 11 is 0. The molecule has 0 N–H and O–H groups in total. The molecule has 1 aromatic rings. The molecule has 5 nitrogen and oxygen atoms in total. The van der Waals surface area contributed by atoms with Gasteiger partial charge in [0.2, 0.25) is 0 Å². The van der Waals surface area contributed by atoms with Crippen molar-refractivity contribution in [1.82, 2.24) is 5.17 Å². The maximum absolute atomic E-state index is 11.4. The quantitative estimate of drug-likeness (QED) is 0.748. The predicted octanol–water partition coefficient (Wildman–Crippen LogP) is 1.37. The van der Waals surface area contributed by atoms with Crippen LogP contribution in [0.15, 0.2) is 40.7 Å². The number of carbonyl (C=O) groups is 1. The Morgan fingerprint density at radius 2 is 2.20 bits per heavy atom. The van der Waals surface area contributed by atoms with E-state index in [4.69, 9.17) is 4.84 Å². The third-order valence-corrected chi connectivity index (χ3v) is 1.95. The van der Waals surface area contributed by atoms with E-state index < -0.39 is 0 Å². The van der Waals surface area contributed by atoms with Crippen LogP contribution in [0.4, 0.5) is 0 Å². The van der Waals surface area contributed by atoms with Crippen molar-refractivity contribution >= 4 is 5.97 Å². The van der Waals surface area contributed by atoms with Crippen molar-refractivity contribution in [2.75, 3.05) is 13.1 Å². The fourth-order valence-electron chi connectivity index (χ4n) is 1.27. The monoisotopic (exact) mass is 205 g/mol. The Balaban J connectivity index is 1.84. The van der Waals surface area contributed by atoms with E-state index in [2.05, 4.69) is 10.3 Å². The molecule has 2 rings (SSSR count). The van der Waals surface area contributed by atoms with Gasteiger partial charge in [0.15, 0.2) is 0 Å². The molecule has 78 valence electrons. The van der Waals surface area contributed by atoms with Crippen molar-refractivity contribution in [3.05, 3.63) is 35.9 Å². The predicted molar refractivity (Wildman–Crippen MR) is 52.7 cm³/mol. The molecule has 1 aliphatic heterocycles. The zero-order chi connectivity index (χ0) is 10.5. The molecule has 0 aliphatic carbocycles. The van der Waals surface area contributed by atoms with Gasteiger partial charge in [-0.2, -0.15) is 5.11 Å². The summed E-state index contributed by atoms with van der Waals surface area (Å²) < 4.78 is 0. The first-order valence-electron chi connectivity index (χ1n) is 4.74. The molecule has 0 radical (unpaired) electrons. The van der Waals surface area contributed by atoms with Crippen LogP contribution in [0.5, 0.6) is 0 Å². The summed E-state index contributed by atoms with van der Waals surface area (Å²) in [6.07, 6.45) is 0.257. The summed E-state index contributed by atoms with van der Waals surface area (Å²) in [6.45, 7) is 1.12. The van der Waals surface area contributed by atoms with Crippen LogP contribution in [0.25, 0.3) is 0 Å². The number of rotatable bonds is 3. The minimum absolute atomic E-state index is 0.257. The maximum atomic E-state index is 11.4. The van der Waals surface area contributed by atoms with Gasteiger partial charge < -0.3 is 4.84 Å². The largest absolute Gasteiger partial charge is 0.338 e. The molecule has 0 atom stereocenters. The lowest BCUT2D eigenvalue weighted by Crippen LogP contribution is -2.22. The number of carbonyl (C=O) groups excluding carboxylic acids is 1. The van der Waals surface area contributed by atoms with E-state index in [9.17, 15) is 4.79 Å². The van der Waals surface area contributed by atoms with Crippen molar-refractivity contribution in [2.24, 2.45) is 10.3 Å². The molecule has 0 amide bonds. The van der Waals surface area contributed by atoms with Crippen LogP contribution in [0, 0.1) is 0 Å². The minimum Gasteiger partial charge on any atom is -0.322 e. The molecule has 0 fully saturated rings.